The van der Waals surface area contributed by atoms with Crippen LogP contribution in [0.25, 0.3) is 11.2 Å². The minimum Gasteiger partial charge on any atom is -0.548 e. The molecule has 158 valence electrons. The molecule has 0 bridgehead atoms. The molecule has 0 radical (unpaired) electrons. The van der Waals surface area contributed by atoms with Crippen molar-refractivity contribution in [3.8, 4) is 5.75 Å². The van der Waals surface area contributed by atoms with Gasteiger partial charge in [-0.1, -0.05) is 6.92 Å². The van der Waals surface area contributed by atoms with Crippen LogP contribution >= 0.6 is 0 Å². The fourth-order valence-corrected chi connectivity index (χ4v) is 3.88. The molecule has 0 spiro atoms. The van der Waals surface area contributed by atoms with Crippen LogP contribution in [0.1, 0.15) is 13.8 Å². The predicted molar refractivity (Wildman–Crippen MR) is 108 cm³/mol. The van der Waals surface area contributed by atoms with Gasteiger partial charge in [-0.05, 0) is 37.1 Å². The molecule has 3 aromatic rings. The van der Waals surface area contributed by atoms with Crippen molar-refractivity contribution in [1.82, 2.24) is 18.7 Å². The van der Waals surface area contributed by atoms with Crippen molar-refractivity contribution in [3.63, 3.8) is 0 Å². The average molecular weight is 412 g/mol. The summed E-state index contributed by atoms with van der Waals surface area (Å²) in [6.07, 6.45) is 0. The molecule has 1 atom stereocenters. The van der Waals surface area contributed by atoms with Crippen LogP contribution in [0.4, 0.5) is 11.6 Å². The number of rotatable bonds is 5. The molecule has 0 saturated carbocycles. The molecule has 0 N–H and O–H groups in total. The van der Waals surface area contributed by atoms with Crippen LogP contribution < -0.4 is 26.0 Å². The maximum Gasteiger partial charge on any atom is 0.332 e. The first kappa shape index (κ1) is 19.7. The van der Waals surface area contributed by atoms with Gasteiger partial charge in [-0.15, -0.1) is 0 Å². The Morgan fingerprint density at radius 3 is 2.57 bits per heavy atom. The third-order valence-corrected chi connectivity index (χ3v) is 5.19. The normalized spacial score (nSPS) is 16.0. The molecule has 0 amide bonds. The molecule has 0 fully saturated rings. The van der Waals surface area contributed by atoms with Crippen LogP contribution in [-0.2, 0) is 24.9 Å². The van der Waals surface area contributed by atoms with Crippen molar-refractivity contribution in [2.45, 2.75) is 26.9 Å². The third-order valence-electron chi connectivity index (χ3n) is 5.19. The van der Waals surface area contributed by atoms with Crippen molar-refractivity contribution >= 4 is 28.8 Å². The van der Waals surface area contributed by atoms with E-state index in [0.29, 0.717) is 30.2 Å². The number of carboxylic acid groups (broad SMARTS) is 1. The Labute approximate surface area is 171 Å². The fraction of sp³-hybridized carbons (Fsp3) is 0.400. The Hall–Kier alpha value is -3.56. The molecule has 1 aromatic carbocycles. The van der Waals surface area contributed by atoms with E-state index < -0.39 is 23.8 Å². The van der Waals surface area contributed by atoms with E-state index in [1.807, 2.05) is 36.1 Å². The Morgan fingerprint density at radius 1 is 1.23 bits per heavy atom. The Morgan fingerprint density at radius 2 is 1.93 bits per heavy atom. The SMILES string of the molecule is CCOc1ccc(N2C[C@H](C)Cn3c2nc2c3c(=O)n(CC(=O)[O-])c(=O)n2C)cc1. The van der Waals surface area contributed by atoms with Gasteiger partial charge < -0.3 is 24.1 Å². The van der Waals surface area contributed by atoms with Gasteiger partial charge in [0.05, 0.1) is 19.1 Å². The number of imidazole rings is 1. The summed E-state index contributed by atoms with van der Waals surface area (Å²) < 4.78 is 9.13. The highest BCUT2D eigenvalue weighted by Crippen LogP contribution is 2.33. The second kappa shape index (κ2) is 7.36. The van der Waals surface area contributed by atoms with Gasteiger partial charge in [-0.3, -0.25) is 13.9 Å². The van der Waals surface area contributed by atoms with Crippen LogP contribution in [-0.4, -0.2) is 37.8 Å². The lowest BCUT2D eigenvalue weighted by atomic mass is 10.1. The summed E-state index contributed by atoms with van der Waals surface area (Å²) in [7, 11) is 1.47. The minimum absolute atomic E-state index is 0.188. The number of carbonyl (C=O) groups excluding carboxylic acids is 1. The van der Waals surface area contributed by atoms with Crippen molar-refractivity contribution in [2.75, 3.05) is 18.1 Å². The first-order chi connectivity index (χ1) is 14.3. The highest BCUT2D eigenvalue weighted by molar-refractivity contribution is 5.77. The van der Waals surface area contributed by atoms with Gasteiger partial charge in [0, 0.05) is 25.8 Å². The van der Waals surface area contributed by atoms with Crippen LogP contribution in [0.2, 0.25) is 0 Å². The number of aryl methyl sites for hydroxylation is 1. The largest absolute Gasteiger partial charge is 0.548 e. The van der Waals surface area contributed by atoms with E-state index in [2.05, 4.69) is 11.9 Å². The topological polar surface area (TPSA) is 114 Å². The van der Waals surface area contributed by atoms with Gasteiger partial charge >= 0.3 is 5.69 Å². The summed E-state index contributed by atoms with van der Waals surface area (Å²) in [5.74, 6) is -0.0260. The molecular formula is C20H22N5O5-. The Balaban J connectivity index is 1.92. The van der Waals surface area contributed by atoms with Gasteiger partial charge in [0.1, 0.15) is 5.75 Å². The van der Waals surface area contributed by atoms with E-state index in [9.17, 15) is 19.5 Å². The van der Waals surface area contributed by atoms with Gasteiger partial charge in [-0.25, -0.2) is 4.79 Å². The van der Waals surface area contributed by atoms with Crippen LogP contribution in [0, 0.1) is 5.92 Å². The third kappa shape index (κ3) is 3.14. The first-order valence-corrected chi connectivity index (χ1v) is 9.72. The molecule has 30 heavy (non-hydrogen) atoms. The number of carboxylic acids is 1. The first-order valence-electron chi connectivity index (χ1n) is 9.72. The number of fused-ring (bicyclic) bond motifs is 3. The zero-order valence-corrected chi connectivity index (χ0v) is 17.0. The molecule has 0 saturated heterocycles. The van der Waals surface area contributed by atoms with E-state index in [4.69, 9.17) is 4.74 Å². The maximum atomic E-state index is 13.0. The van der Waals surface area contributed by atoms with Gasteiger partial charge in [0.15, 0.2) is 11.2 Å². The van der Waals surface area contributed by atoms with Crippen molar-refractivity contribution in [2.24, 2.45) is 13.0 Å². The number of carbonyl (C=O) groups is 1. The van der Waals surface area contributed by atoms with E-state index in [1.54, 1.807) is 4.57 Å². The maximum absolute atomic E-state index is 13.0. The van der Waals surface area contributed by atoms with Gasteiger partial charge in [-0.2, -0.15) is 4.98 Å². The van der Waals surface area contributed by atoms with Crippen molar-refractivity contribution in [3.05, 3.63) is 45.1 Å². The van der Waals surface area contributed by atoms with Gasteiger partial charge in [0.25, 0.3) is 5.56 Å². The number of hydrogen-bond donors (Lipinski definition) is 0. The van der Waals surface area contributed by atoms with Crippen LogP contribution in [0.3, 0.4) is 0 Å². The predicted octanol–water partition coefficient (Wildman–Crippen LogP) is -0.167. The molecule has 2 aromatic heterocycles. The minimum atomic E-state index is -1.50. The standard InChI is InChI=1S/C20H23N5O5/c1-4-30-14-7-5-13(6-8-14)23-9-12(2)10-24-16-17(21-19(23)24)22(3)20(29)25(18(16)28)11-15(26)27/h5-8,12H,4,9-11H2,1-3H3,(H,26,27)/p-1/t12-/m0/s1. The summed E-state index contributed by atoms with van der Waals surface area (Å²) >= 11 is 0. The lowest BCUT2D eigenvalue weighted by Gasteiger charge is -2.33. The average Bonchev–Trinajstić information content (AvgIpc) is 3.09. The molecular weight excluding hydrogens is 390 g/mol. The number of benzene rings is 1. The van der Waals surface area contributed by atoms with Crippen LogP contribution in [0.15, 0.2) is 33.9 Å². The fourth-order valence-electron chi connectivity index (χ4n) is 3.88. The smallest absolute Gasteiger partial charge is 0.332 e. The lowest BCUT2D eigenvalue weighted by Crippen LogP contribution is -2.44. The van der Waals surface area contributed by atoms with E-state index in [0.717, 1.165) is 11.4 Å². The summed E-state index contributed by atoms with van der Waals surface area (Å²) in [6, 6.07) is 7.57. The molecule has 10 nitrogen and oxygen atoms in total. The number of hydrogen-bond acceptors (Lipinski definition) is 7. The monoisotopic (exact) mass is 412 g/mol. The van der Waals surface area contributed by atoms with Crippen molar-refractivity contribution < 1.29 is 14.6 Å². The van der Waals surface area contributed by atoms with E-state index in [1.165, 1.54) is 11.6 Å². The number of aromatic nitrogens is 4. The zero-order valence-electron chi connectivity index (χ0n) is 17.0. The quantitative estimate of drug-likeness (QED) is 0.572. The molecule has 3 heterocycles. The van der Waals surface area contributed by atoms with Gasteiger partial charge in [0.2, 0.25) is 5.95 Å². The number of ether oxygens (including phenoxy) is 1. The summed E-state index contributed by atoms with van der Waals surface area (Å²) in [5.41, 5.74) is -0.123. The lowest BCUT2D eigenvalue weighted by molar-refractivity contribution is -0.306. The summed E-state index contributed by atoms with van der Waals surface area (Å²) in [6.45, 7) is 4.94. The second-order valence-electron chi connectivity index (χ2n) is 7.44. The summed E-state index contributed by atoms with van der Waals surface area (Å²) in [5, 5.41) is 11.1. The highest BCUT2D eigenvalue weighted by atomic mass is 16.5. The second-order valence-corrected chi connectivity index (χ2v) is 7.44. The summed E-state index contributed by atoms with van der Waals surface area (Å²) in [4.78, 5) is 43.1. The number of anilines is 2. The molecule has 1 aliphatic rings. The Bertz CT molecular complexity index is 1240. The molecule has 1 aliphatic heterocycles. The molecule has 0 unspecified atom stereocenters. The highest BCUT2D eigenvalue weighted by Gasteiger charge is 2.29. The molecule has 4 rings (SSSR count). The Kier molecular flexibility index (Phi) is 4.84. The van der Waals surface area contributed by atoms with E-state index >= 15 is 0 Å². The van der Waals surface area contributed by atoms with Crippen LogP contribution in [0.5, 0.6) is 5.75 Å². The number of aliphatic carboxylic acids is 1. The van der Waals surface area contributed by atoms with Crippen molar-refractivity contribution in [1.29, 1.82) is 0 Å². The zero-order chi connectivity index (χ0) is 21.6. The molecule has 0 aliphatic carbocycles. The van der Waals surface area contributed by atoms with E-state index in [-0.39, 0.29) is 17.1 Å². The molecule has 10 heteroatoms. The number of nitrogens with zero attached hydrogens (tertiary/aromatic N) is 5.